The van der Waals surface area contributed by atoms with Gasteiger partial charge in [0.25, 0.3) is 0 Å². The molecular weight excluding hydrogens is 208 g/mol. The Kier molecular flexibility index (Phi) is 7.46. The van der Waals surface area contributed by atoms with E-state index in [0.29, 0.717) is 6.10 Å². The first-order chi connectivity index (χ1) is 7.33. The Hall–Kier alpha value is 0.250. The van der Waals surface area contributed by atoms with Gasteiger partial charge in [-0.15, -0.1) is 11.6 Å². The second-order valence-corrected chi connectivity index (χ2v) is 5.25. The Morgan fingerprint density at radius 3 is 2.67 bits per heavy atom. The first kappa shape index (κ1) is 13.3. The summed E-state index contributed by atoms with van der Waals surface area (Å²) in [5.74, 6) is 1.68. The van der Waals surface area contributed by atoms with Crippen LogP contribution in [0.25, 0.3) is 0 Å². The second-order valence-electron chi connectivity index (χ2n) is 4.87. The third-order valence-electron chi connectivity index (χ3n) is 3.27. The number of alkyl halides is 1. The average molecular weight is 233 g/mol. The van der Waals surface area contributed by atoms with Crippen LogP contribution in [0, 0.1) is 5.92 Å². The summed E-state index contributed by atoms with van der Waals surface area (Å²) in [5.41, 5.74) is 0. The number of halogens is 1. The molecule has 1 rings (SSSR count). The fourth-order valence-electron chi connectivity index (χ4n) is 2.33. The molecule has 2 unspecified atom stereocenters. The van der Waals surface area contributed by atoms with Crippen molar-refractivity contribution >= 4 is 11.6 Å². The lowest BCUT2D eigenvalue weighted by Gasteiger charge is -2.26. The highest BCUT2D eigenvalue weighted by molar-refractivity contribution is 6.17. The van der Waals surface area contributed by atoms with Gasteiger partial charge in [-0.25, -0.2) is 0 Å². The maximum atomic E-state index is 5.90. The summed E-state index contributed by atoms with van der Waals surface area (Å²) in [7, 11) is 0. The molecule has 1 fully saturated rings. The van der Waals surface area contributed by atoms with E-state index in [4.69, 9.17) is 16.3 Å². The van der Waals surface area contributed by atoms with Crippen LogP contribution in [0.4, 0.5) is 0 Å². The van der Waals surface area contributed by atoms with Crippen LogP contribution in [0.3, 0.4) is 0 Å². The van der Waals surface area contributed by atoms with E-state index in [0.717, 1.165) is 24.8 Å². The molecule has 1 aliphatic carbocycles. The number of rotatable bonds is 7. The molecule has 0 aromatic heterocycles. The van der Waals surface area contributed by atoms with Crippen molar-refractivity contribution in [1.29, 1.82) is 0 Å². The van der Waals surface area contributed by atoms with Crippen LogP contribution in [0.1, 0.15) is 58.3 Å². The monoisotopic (exact) mass is 232 g/mol. The molecular formula is C13H25ClO. The van der Waals surface area contributed by atoms with E-state index in [-0.39, 0.29) is 0 Å². The standard InChI is InChI=1S/C13H25ClO/c1-12-7-6-8-13(11-12)15-10-5-3-2-4-9-14/h12-13H,2-11H2,1H3. The van der Waals surface area contributed by atoms with E-state index in [2.05, 4.69) is 6.92 Å². The summed E-state index contributed by atoms with van der Waals surface area (Å²) in [4.78, 5) is 0. The van der Waals surface area contributed by atoms with Gasteiger partial charge in [-0.05, 0) is 31.6 Å². The first-order valence-electron chi connectivity index (χ1n) is 6.50. The molecule has 0 saturated heterocycles. The number of ether oxygens (including phenoxy) is 1. The van der Waals surface area contributed by atoms with Crippen molar-refractivity contribution in [3.63, 3.8) is 0 Å². The summed E-state index contributed by atoms with van der Waals surface area (Å²) in [5, 5.41) is 0. The molecule has 1 saturated carbocycles. The van der Waals surface area contributed by atoms with Crippen molar-refractivity contribution in [3.8, 4) is 0 Å². The smallest absolute Gasteiger partial charge is 0.0577 e. The molecule has 2 heteroatoms. The maximum Gasteiger partial charge on any atom is 0.0577 e. The van der Waals surface area contributed by atoms with Gasteiger partial charge in [-0.1, -0.05) is 32.6 Å². The van der Waals surface area contributed by atoms with Crippen molar-refractivity contribution in [1.82, 2.24) is 0 Å². The van der Waals surface area contributed by atoms with E-state index in [9.17, 15) is 0 Å². The van der Waals surface area contributed by atoms with E-state index >= 15 is 0 Å². The lowest BCUT2D eigenvalue weighted by Crippen LogP contribution is -2.21. The zero-order valence-corrected chi connectivity index (χ0v) is 10.8. The predicted octanol–water partition coefficient (Wildman–Crippen LogP) is 4.38. The minimum Gasteiger partial charge on any atom is -0.378 e. The van der Waals surface area contributed by atoms with Gasteiger partial charge in [0.05, 0.1) is 6.10 Å². The highest BCUT2D eigenvalue weighted by Crippen LogP contribution is 2.25. The van der Waals surface area contributed by atoms with Crippen molar-refractivity contribution in [2.24, 2.45) is 5.92 Å². The molecule has 0 amide bonds. The summed E-state index contributed by atoms with van der Waals surface area (Å²) in [6.07, 6.45) is 10.8. The van der Waals surface area contributed by atoms with Crippen LogP contribution in [-0.4, -0.2) is 18.6 Å². The molecule has 0 radical (unpaired) electrons. The molecule has 0 aliphatic heterocycles. The highest BCUT2D eigenvalue weighted by Gasteiger charge is 2.18. The zero-order valence-electron chi connectivity index (χ0n) is 10.0. The van der Waals surface area contributed by atoms with Crippen LogP contribution >= 0.6 is 11.6 Å². The summed E-state index contributed by atoms with van der Waals surface area (Å²) < 4.78 is 5.90. The van der Waals surface area contributed by atoms with E-state index in [1.807, 2.05) is 0 Å². The van der Waals surface area contributed by atoms with E-state index < -0.39 is 0 Å². The quantitative estimate of drug-likeness (QED) is 0.468. The van der Waals surface area contributed by atoms with Gasteiger partial charge in [0.2, 0.25) is 0 Å². The largest absolute Gasteiger partial charge is 0.378 e. The molecule has 0 N–H and O–H groups in total. The van der Waals surface area contributed by atoms with Crippen LogP contribution < -0.4 is 0 Å². The van der Waals surface area contributed by atoms with E-state index in [1.165, 1.54) is 44.9 Å². The van der Waals surface area contributed by atoms with Gasteiger partial charge in [0.1, 0.15) is 0 Å². The fourth-order valence-corrected chi connectivity index (χ4v) is 2.52. The third-order valence-corrected chi connectivity index (χ3v) is 3.54. The van der Waals surface area contributed by atoms with Crippen molar-refractivity contribution in [3.05, 3.63) is 0 Å². The Morgan fingerprint density at radius 2 is 1.93 bits per heavy atom. The molecule has 0 spiro atoms. The summed E-state index contributed by atoms with van der Waals surface area (Å²) in [6.45, 7) is 3.30. The lowest BCUT2D eigenvalue weighted by atomic mass is 9.89. The van der Waals surface area contributed by atoms with Gasteiger partial charge < -0.3 is 4.74 Å². The Balaban J connectivity index is 1.90. The molecule has 1 aliphatic rings. The van der Waals surface area contributed by atoms with Crippen molar-refractivity contribution in [2.75, 3.05) is 12.5 Å². The molecule has 90 valence electrons. The number of hydrogen-bond acceptors (Lipinski definition) is 1. The van der Waals surface area contributed by atoms with Crippen LogP contribution in [0.2, 0.25) is 0 Å². The maximum absolute atomic E-state index is 5.90. The van der Waals surface area contributed by atoms with Crippen LogP contribution in [0.15, 0.2) is 0 Å². The van der Waals surface area contributed by atoms with Crippen LogP contribution in [-0.2, 0) is 4.74 Å². The van der Waals surface area contributed by atoms with Gasteiger partial charge in [-0.2, -0.15) is 0 Å². The Labute approximate surface area is 99.5 Å². The van der Waals surface area contributed by atoms with Crippen molar-refractivity contribution < 1.29 is 4.74 Å². The molecule has 0 bridgehead atoms. The Bertz CT molecular complexity index is 149. The van der Waals surface area contributed by atoms with E-state index in [1.54, 1.807) is 0 Å². The average Bonchev–Trinajstić information content (AvgIpc) is 2.23. The molecule has 0 aromatic rings. The minimum atomic E-state index is 0.557. The van der Waals surface area contributed by atoms with Gasteiger partial charge >= 0.3 is 0 Å². The summed E-state index contributed by atoms with van der Waals surface area (Å²) in [6, 6.07) is 0. The number of unbranched alkanes of at least 4 members (excludes halogenated alkanes) is 3. The zero-order chi connectivity index (χ0) is 10.9. The molecule has 2 atom stereocenters. The first-order valence-corrected chi connectivity index (χ1v) is 7.04. The SMILES string of the molecule is CC1CCCC(OCCCCCCCl)C1. The lowest BCUT2D eigenvalue weighted by molar-refractivity contribution is 0.0137. The summed E-state index contributed by atoms with van der Waals surface area (Å²) >= 11 is 5.62. The molecule has 15 heavy (non-hydrogen) atoms. The second kappa shape index (κ2) is 8.41. The fraction of sp³-hybridized carbons (Fsp3) is 1.00. The minimum absolute atomic E-state index is 0.557. The van der Waals surface area contributed by atoms with Gasteiger partial charge in [-0.3, -0.25) is 0 Å². The van der Waals surface area contributed by atoms with Crippen molar-refractivity contribution in [2.45, 2.75) is 64.4 Å². The topological polar surface area (TPSA) is 9.23 Å². The molecule has 0 aromatic carbocycles. The van der Waals surface area contributed by atoms with Crippen LogP contribution in [0.5, 0.6) is 0 Å². The number of hydrogen-bond donors (Lipinski definition) is 0. The molecule has 0 heterocycles. The normalized spacial score (nSPS) is 26.8. The predicted molar refractivity (Wildman–Crippen MR) is 66.6 cm³/mol. The molecule has 1 nitrogen and oxygen atoms in total. The Morgan fingerprint density at radius 1 is 1.13 bits per heavy atom. The van der Waals surface area contributed by atoms with Gasteiger partial charge in [0, 0.05) is 12.5 Å². The highest BCUT2D eigenvalue weighted by atomic mass is 35.5. The van der Waals surface area contributed by atoms with Gasteiger partial charge in [0.15, 0.2) is 0 Å². The third kappa shape index (κ3) is 6.42.